The number of nitrogens with zero attached hydrogens (tertiary/aromatic N) is 1. The van der Waals surface area contributed by atoms with Crippen molar-refractivity contribution < 1.29 is 13.2 Å². The predicted octanol–water partition coefficient (Wildman–Crippen LogP) is 5.18. The maximum absolute atomic E-state index is 13.0. The van der Waals surface area contributed by atoms with Gasteiger partial charge >= 0.3 is 6.18 Å². The first-order valence-electron chi connectivity index (χ1n) is 8.22. The zero-order valence-corrected chi connectivity index (χ0v) is 13.7. The molecule has 4 heteroatoms. The quantitative estimate of drug-likeness (QED) is 0.724. The van der Waals surface area contributed by atoms with Gasteiger partial charge in [0.15, 0.2) is 0 Å². The van der Waals surface area contributed by atoms with E-state index in [2.05, 4.69) is 25.8 Å². The molecule has 3 unspecified atom stereocenters. The van der Waals surface area contributed by atoms with Crippen molar-refractivity contribution in [2.45, 2.75) is 45.2 Å². The van der Waals surface area contributed by atoms with E-state index in [9.17, 15) is 13.2 Å². The fourth-order valence-corrected chi connectivity index (χ4v) is 3.89. The summed E-state index contributed by atoms with van der Waals surface area (Å²) in [7, 11) is 2.11. The minimum absolute atomic E-state index is 0.224. The Bertz CT molecular complexity index is 483. The molecular weight excluding hydrogens is 287 g/mol. The summed E-state index contributed by atoms with van der Waals surface area (Å²) in [6, 6.07) is 5.97. The average molecular weight is 313 g/mol. The second kappa shape index (κ2) is 7.03. The molecule has 0 aromatic heterocycles. The summed E-state index contributed by atoms with van der Waals surface area (Å²) >= 11 is 0. The van der Waals surface area contributed by atoms with E-state index in [-0.39, 0.29) is 5.92 Å². The molecular formula is C18H26F3N. The SMILES string of the molecule is CCCC(c1cccc(C(F)(F)F)c1)C1CN(C)CC1CC. The molecule has 1 heterocycles. The first-order chi connectivity index (χ1) is 10.4. The van der Waals surface area contributed by atoms with E-state index in [1.165, 1.54) is 12.1 Å². The number of rotatable bonds is 5. The lowest BCUT2D eigenvalue weighted by atomic mass is 9.76. The highest BCUT2D eigenvalue weighted by Gasteiger charge is 2.37. The third kappa shape index (κ3) is 3.83. The molecule has 0 saturated carbocycles. The summed E-state index contributed by atoms with van der Waals surface area (Å²) in [6.07, 6.45) is -1.22. The monoisotopic (exact) mass is 313 g/mol. The molecule has 0 radical (unpaired) electrons. The van der Waals surface area contributed by atoms with Crippen molar-refractivity contribution in [3.05, 3.63) is 35.4 Å². The normalized spacial score (nSPS) is 24.6. The smallest absolute Gasteiger partial charge is 0.306 e. The molecule has 22 heavy (non-hydrogen) atoms. The lowest BCUT2D eigenvalue weighted by Crippen LogP contribution is -2.22. The van der Waals surface area contributed by atoms with Gasteiger partial charge in [-0.3, -0.25) is 0 Å². The lowest BCUT2D eigenvalue weighted by Gasteiger charge is -2.28. The van der Waals surface area contributed by atoms with Gasteiger partial charge in [0.25, 0.3) is 0 Å². The van der Waals surface area contributed by atoms with Crippen LogP contribution in [0.4, 0.5) is 13.2 Å². The van der Waals surface area contributed by atoms with Crippen LogP contribution in [0.2, 0.25) is 0 Å². The molecule has 0 spiro atoms. The first kappa shape index (κ1) is 17.3. The van der Waals surface area contributed by atoms with Gasteiger partial charge in [0.1, 0.15) is 0 Å². The zero-order valence-electron chi connectivity index (χ0n) is 13.7. The number of hydrogen-bond acceptors (Lipinski definition) is 1. The van der Waals surface area contributed by atoms with Crippen molar-refractivity contribution >= 4 is 0 Å². The molecule has 1 nitrogen and oxygen atoms in total. The van der Waals surface area contributed by atoms with Crippen LogP contribution in [0.3, 0.4) is 0 Å². The topological polar surface area (TPSA) is 3.24 Å². The van der Waals surface area contributed by atoms with Crippen LogP contribution in [-0.2, 0) is 6.18 Å². The van der Waals surface area contributed by atoms with Crippen LogP contribution < -0.4 is 0 Å². The highest BCUT2D eigenvalue weighted by molar-refractivity contribution is 5.29. The van der Waals surface area contributed by atoms with E-state index in [0.717, 1.165) is 37.9 Å². The third-order valence-electron chi connectivity index (χ3n) is 4.96. The maximum Gasteiger partial charge on any atom is 0.416 e. The van der Waals surface area contributed by atoms with Crippen LogP contribution >= 0.6 is 0 Å². The Hall–Kier alpha value is -1.03. The Kier molecular flexibility index (Phi) is 5.54. The summed E-state index contributed by atoms with van der Waals surface area (Å²) in [4.78, 5) is 2.31. The number of halogens is 3. The van der Waals surface area contributed by atoms with E-state index >= 15 is 0 Å². The molecule has 1 aliphatic rings. The van der Waals surface area contributed by atoms with E-state index in [0.29, 0.717) is 11.8 Å². The largest absolute Gasteiger partial charge is 0.416 e. The van der Waals surface area contributed by atoms with E-state index in [1.54, 1.807) is 6.07 Å². The fourth-order valence-electron chi connectivity index (χ4n) is 3.89. The summed E-state index contributed by atoms with van der Waals surface area (Å²) in [5, 5.41) is 0. The van der Waals surface area contributed by atoms with E-state index < -0.39 is 11.7 Å². The molecule has 1 aromatic rings. The Morgan fingerprint density at radius 2 is 1.95 bits per heavy atom. The molecule has 1 saturated heterocycles. The second-order valence-corrected chi connectivity index (χ2v) is 6.57. The van der Waals surface area contributed by atoms with Crippen LogP contribution in [0.1, 0.15) is 50.2 Å². The summed E-state index contributed by atoms with van der Waals surface area (Å²) in [6.45, 7) is 6.34. The van der Waals surface area contributed by atoms with Crippen LogP contribution in [-0.4, -0.2) is 25.0 Å². The van der Waals surface area contributed by atoms with E-state index in [4.69, 9.17) is 0 Å². The van der Waals surface area contributed by atoms with Crippen LogP contribution in [0.25, 0.3) is 0 Å². The van der Waals surface area contributed by atoms with Gasteiger partial charge in [-0.15, -0.1) is 0 Å². The number of alkyl halides is 3. The molecule has 1 fully saturated rings. The van der Waals surface area contributed by atoms with Crippen molar-refractivity contribution in [1.82, 2.24) is 4.90 Å². The molecule has 124 valence electrons. The van der Waals surface area contributed by atoms with Crippen molar-refractivity contribution in [1.29, 1.82) is 0 Å². The standard InChI is InChI=1S/C18H26F3N/c1-4-7-16(17-12-22(3)11-13(17)5-2)14-8-6-9-15(10-14)18(19,20)21/h6,8-10,13,16-17H,4-5,7,11-12H2,1-3H3. The van der Waals surface area contributed by atoms with Crippen molar-refractivity contribution in [2.75, 3.05) is 20.1 Å². The minimum atomic E-state index is -4.26. The predicted molar refractivity (Wildman–Crippen MR) is 83.9 cm³/mol. The number of benzene rings is 1. The molecule has 2 rings (SSSR count). The molecule has 0 bridgehead atoms. The van der Waals surface area contributed by atoms with Gasteiger partial charge in [0.05, 0.1) is 5.56 Å². The van der Waals surface area contributed by atoms with Crippen molar-refractivity contribution in [2.24, 2.45) is 11.8 Å². The Labute approximate surface area is 131 Å². The molecule has 1 aromatic carbocycles. The number of likely N-dealkylation sites (tertiary alicyclic amines) is 1. The van der Waals surface area contributed by atoms with Crippen molar-refractivity contribution in [3.8, 4) is 0 Å². The Morgan fingerprint density at radius 3 is 2.55 bits per heavy atom. The maximum atomic E-state index is 13.0. The molecule has 0 N–H and O–H groups in total. The molecule has 3 atom stereocenters. The van der Waals surface area contributed by atoms with Crippen molar-refractivity contribution in [3.63, 3.8) is 0 Å². The van der Waals surface area contributed by atoms with Gasteiger partial charge in [0.2, 0.25) is 0 Å². The second-order valence-electron chi connectivity index (χ2n) is 6.57. The molecule has 1 aliphatic heterocycles. The van der Waals surface area contributed by atoms with Gasteiger partial charge in [0, 0.05) is 13.1 Å². The van der Waals surface area contributed by atoms with Crippen LogP contribution in [0.15, 0.2) is 24.3 Å². The Balaban J connectivity index is 2.32. The molecule has 0 amide bonds. The number of hydrogen-bond donors (Lipinski definition) is 0. The van der Waals surface area contributed by atoms with Crippen LogP contribution in [0.5, 0.6) is 0 Å². The fraction of sp³-hybridized carbons (Fsp3) is 0.667. The lowest BCUT2D eigenvalue weighted by molar-refractivity contribution is -0.137. The zero-order chi connectivity index (χ0) is 16.3. The summed E-state index contributed by atoms with van der Waals surface area (Å²) in [5.41, 5.74) is 0.334. The highest BCUT2D eigenvalue weighted by atomic mass is 19.4. The van der Waals surface area contributed by atoms with Gasteiger partial charge in [-0.1, -0.05) is 44.9 Å². The Morgan fingerprint density at radius 1 is 1.23 bits per heavy atom. The highest BCUT2D eigenvalue weighted by Crippen LogP contribution is 2.41. The third-order valence-corrected chi connectivity index (χ3v) is 4.96. The summed E-state index contributed by atoms with van der Waals surface area (Å²) in [5.74, 6) is 1.26. The first-order valence-corrected chi connectivity index (χ1v) is 8.22. The van der Waals surface area contributed by atoms with Gasteiger partial charge in [-0.2, -0.15) is 13.2 Å². The van der Waals surface area contributed by atoms with Gasteiger partial charge in [-0.05, 0) is 42.9 Å². The summed E-state index contributed by atoms with van der Waals surface area (Å²) < 4.78 is 39.0. The minimum Gasteiger partial charge on any atom is -0.306 e. The van der Waals surface area contributed by atoms with Gasteiger partial charge in [-0.25, -0.2) is 0 Å². The molecule has 0 aliphatic carbocycles. The van der Waals surface area contributed by atoms with Gasteiger partial charge < -0.3 is 4.90 Å². The van der Waals surface area contributed by atoms with E-state index in [1.807, 2.05) is 6.07 Å². The average Bonchev–Trinajstić information content (AvgIpc) is 2.85. The van der Waals surface area contributed by atoms with Crippen LogP contribution in [0, 0.1) is 11.8 Å².